The number of rotatable bonds is 14. The lowest BCUT2D eigenvalue weighted by Crippen LogP contribution is -2.54. The molecule has 1 unspecified atom stereocenters. The zero-order chi connectivity index (χ0) is 34.1. The van der Waals surface area contributed by atoms with Gasteiger partial charge in [-0.2, -0.15) is 0 Å². The predicted molar refractivity (Wildman–Crippen MR) is 179 cm³/mol. The van der Waals surface area contributed by atoms with Crippen LogP contribution in [0.4, 0.5) is 10.1 Å². The van der Waals surface area contributed by atoms with Crippen LogP contribution in [-0.2, 0) is 32.6 Å². The molecular formula is C36H40FN3O6S. The number of methoxy groups -OCH3 is 2. The number of nitrogens with zero attached hydrogens (tertiary/aromatic N) is 2. The van der Waals surface area contributed by atoms with Crippen LogP contribution in [0.5, 0.6) is 11.5 Å². The van der Waals surface area contributed by atoms with Crippen LogP contribution in [0.1, 0.15) is 30.5 Å². The predicted octanol–water partition coefficient (Wildman–Crippen LogP) is 5.51. The van der Waals surface area contributed by atoms with E-state index in [0.717, 1.165) is 15.4 Å². The van der Waals surface area contributed by atoms with Gasteiger partial charge in [0.15, 0.2) is 11.5 Å². The zero-order valence-corrected chi connectivity index (χ0v) is 28.0. The molecule has 0 aliphatic carbocycles. The molecular weight excluding hydrogens is 621 g/mol. The Kier molecular flexibility index (Phi) is 11.6. The van der Waals surface area contributed by atoms with Crippen molar-refractivity contribution in [1.29, 1.82) is 0 Å². The number of amides is 2. The van der Waals surface area contributed by atoms with Gasteiger partial charge < -0.3 is 19.7 Å². The van der Waals surface area contributed by atoms with E-state index in [-0.39, 0.29) is 35.3 Å². The summed E-state index contributed by atoms with van der Waals surface area (Å²) in [6.07, 6.45) is 0.160. The van der Waals surface area contributed by atoms with Crippen molar-refractivity contribution in [2.75, 3.05) is 25.1 Å². The van der Waals surface area contributed by atoms with Gasteiger partial charge in [-0.25, -0.2) is 12.8 Å². The molecule has 0 bridgehead atoms. The van der Waals surface area contributed by atoms with Crippen molar-refractivity contribution in [1.82, 2.24) is 10.2 Å². The minimum atomic E-state index is -4.31. The average Bonchev–Trinajstić information content (AvgIpc) is 3.05. The minimum Gasteiger partial charge on any atom is -0.493 e. The molecule has 1 atom stereocenters. The maximum absolute atomic E-state index is 14.5. The van der Waals surface area contributed by atoms with Gasteiger partial charge in [-0.3, -0.25) is 13.9 Å². The molecule has 0 heterocycles. The zero-order valence-electron chi connectivity index (χ0n) is 27.1. The van der Waals surface area contributed by atoms with Crippen LogP contribution < -0.4 is 19.1 Å². The summed E-state index contributed by atoms with van der Waals surface area (Å²) < 4.78 is 54.2. The molecule has 0 saturated heterocycles. The molecule has 248 valence electrons. The summed E-state index contributed by atoms with van der Waals surface area (Å²) in [5.41, 5.74) is 2.39. The molecule has 0 radical (unpaired) electrons. The quantitative estimate of drug-likeness (QED) is 0.191. The first-order valence-electron chi connectivity index (χ1n) is 15.1. The van der Waals surface area contributed by atoms with E-state index in [9.17, 15) is 22.4 Å². The van der Waals surface area contributed by atoms with E-state index in [1.807, 2.05) is 51.1 Å². The molecule has 4 aromatic rings. The molecule has 11 heteroatoms. The van der Waals surface area contributed by atoms with Crippen LogP contribution in [0.25, 0.3) is 0 Å². The highest BCUT2D eigenvalue weighted by Crippen LogP contribution is 2.34. The van der Waals surface area contributed by atoms with Crippen LogP contribution >= 0.6 is 0 Å². The third-order valence-corrected chi connectivity index (χ3v) is 9.30. The lowest BCUT2D eigenvalue weighted by molar-refractivity contribution is -0.140. The van der Waals surface area contributed by atoms with E-state index in [4.69, 9.17) is 9.47 Å². The summed E-state index contributed by atoms with van der Waals surface area (Å²) >= 11 is 0. The number of carbonyl (C=O) groups excluding carboxylic acids is 2. The second-order valence-corrected chi connectivity index (χ2v) is 13.2. The van der Waals surface area contributed by atoms with Crippen LogP contribution in [0.2, 0.25) is 0 Å². The monoisotopic (exact) mass is 661 g/mol. The molecule has 0 aromatic heterocycles. The summed E-state index contributed by atoms with van der Waals surface area (Å²) in [7, 11) is -1.42. The van der Waals surface area contributed by atoms with E-state index in [1.54, 1.807) is 18.2 Å². The average molecular weight is 662 g/mol. The van der Waals surface area contributed by atoms with Gasteiger partial charge >= 0.3 is 0 Å². The first kappa shape index (κ1) is 35.0. The lowest BCUT2D eigenvalue weighted by Gasteiger charge is -2.34. The minimum absolute atomic E-state index is 0.0193. The molecule has 1 N–H and O–H groups in total. The molecule has 0 aliphatic rings. The summed E-state index contributed by atoms with van der Waals surface area (Å²) in [6.45, 7) is 4.75. The van der Waals surface area contributed by atoms with E-state index >= 15 is 0 Å². The van der Waals surface area contributed by atoms with Crippen molar-refractivity contribution >= 4 is 27.5 Å². The van der Waals surface area contributed by atoms with E-state index in [2.05, 4.69) is 5.32 Å². The van der Waals surface area contributed by atoms with Gasteiger partial charge in [0.1, 0.15) is 18.4 Å². The fourth-order valence-electron chi connectivity index (χ4n) is 5.07. The van der Waals surface area contributed by atoms with Crippen LogP contribution in [0.3, 0.4) is 0 Å². The molecule has 0 aliphatic heterocycles. The van der Waals surface area contributed by atoms with Gasteiger partial charge in [-0.15, -0.1) is 0 Å². The second-order valence-electron chi connectivity index (χ2n) is 11.4. The number of carbonyl (C=O) groups is 2. The molecule has 4 aromatic carbocycles. The Morgan fingerprint density at radius 2 is 1.47 bits per heavy atom. The number of ether oxygens (including phenoxy) is 2. The van der Waals surface area contributed by atoms with Gasteiger partial charge in [-0.05, 0) is 68.3 Å². The Labute approximate surface area is 276 Å². The second kappa shape index (κ2) is 15.6. The fraction of sp³-hybridized carbons (Fsp3) is 0.278. The highest BCUT2D eigenvalue weighted by molar-refractivity contribution is 7.92. The molecule has 47 heavy (non-hydrogen) atoms. The highest BCUT2D eigenvalue weighted by atomic mass is 32.2. The van der Waals surface area contributed by atoms with Crippen LogP contribution in [0, 0.1) is 12.7 Å². The number of hydrogen-bond acceptors (Lipinski definition) is 6. The van der Waals surface area contributed by atoms with Gasteiger partial charge in [0, 0.05) is 25.1 Å². The Hall–Kier alpha value is -4.90. The Bertz CT molecular complexity index is 1770. The molecule has 0 fully saturated rings. The normalized spacial score (nSPS) is 11.9. The number of benzene rings is 4. The lowest BCUT2D eigenvalue weighted by atomic mass is 10.0. The summed E-state index contributed by atoms with van der Waals surface area (Å²) in [5.74, 6) is -0.851. The Morgan fingerprint density at radius 3 is 2.06 bits per heavy atom. The third kappa shape index (κ3) is 8.88. The maximum atomic E-state index is 14.5. The molecule has 0 spiro atoms. The Balaban J connectivity index is 1.84. The third-order valence-electron chi connectivity index (χ3n) is 7.51. The number of halogens is 1. The largest absolute Gasteiger partial charge is 0.493 e. The van der Waals surface area contributed by atoms with E-state index in [0.29, 0.717) is 11.3 Å². The number of hydrogen-bond donors (Lipinski definition) is 1. The van der Waals surface area contributed by atoms with E-state index < -0.39 is 40.2 Å². The van der Waals surface area contributed by atoms with Crippen molar-refractivity contribution < 1.29 is 31.9 Å². The van der Waals surface area contributed by atoms with Gasteiger partial charge in [0.05, 0.1) is 24.8 Å². The molecule has 9 nitrogen and oxygen atoms in total. The van der Waals surface area contributed by atoms with Crippen molar-refractivity contribution in [3.63, 3.8) is 0 Å². The van der Waals surface area contributed by atoms with Crippen molar-refractivity contribution in [3.8, 4) is 11.5 Å². The number of nitrogens with one attached hydrogen (secondary N) is 1. The molecule has 4 rings (SSSR count). The van der Waals surface area contributed by atoms with Crippen molar-refractivity contribution in [2.45, 2.75) is 50.7 Å². The maximum Gasteiger partial charge on any atom is 0.264 e. The van der Waals surface area contributed by atoms with Gasteiger partial charge in [0.25, 0.3) is 10.0 Å². The molecule has 0 saturated carbocycles. The highest BCUT2D eigenvalue weighted by Gasteiger charge is 2.35. The number of aryl methyl sites for hydroxylation is 1. The van der Waals surface area contributed by atoms with Crippen molar-refractivity contribution in [2.24, 2.45) is 0 Å². The topological polar surface area (TPSA) is 105 Å². The smallest absolute Gasteiger partial charge is 0.264 e. The van der Waals surface area contributed by atoms with Gasteiger partial charge in [-0.1, -0.05) is 60.2 Å². The standard InChI is InChI=1S/C36H40FN3O6S/c1-25(2)38-36(42)32(21-27-9-7-6-8-10-27)39(23-28-13-15-29(37)16-14-28)35(41)24-40(30-17-20-33(45-4)34(22-30)46-5)47(43,44)31-18-11-26(3)12-19-31/h6-20,22,25,32H,21,23-24H2,1-5H3,(H,38,42). The first-order chi connectivity index (χ1) is 22.4. The van der Waals surface area contributed by atoms with E-state index in [1.165, 1.54) is 67.7 Å². The first-order valence-corrected chi connectivity index (χ1v) is 16.6. The Morgan fingerprint density at radius 1 is 0.830 bits per heavy atom. The number of sulfonamides is 1. The number of anilines is 1. The van der Waals surface area contributed by atoms with Gasteiger partial charge in [0.2, 0.25) is 11.8 Å². The fourth-order valence-corrected chi connectivity index (χ4v) is 6.47. The van der Waals surface area contributed by atoms with Crippen LogP contribution in [0.15, 0.2) is 102 Å². The molecule has 2 amide bonds. The SMILES string of the molecule is COc1ccc(N(CC(=O)N(Cc2ccc(F)cc2)C(Cc2ccccc2)C(=O)NC(C)C)S(=O)(=O)c2ccc(C)cc2)cc1OC. The van der Waals surface area contributed by atoms with Crippen LogP contribution in [-0.4, -0.2) is 58.0 Å². The summed E-state index contributed by atoms with van der Waals surface area (Å²) in [5, 5.41) is 2.91. The summed E-state index contributed by atoms with van der Waals surface area (Å²) in [6, 6.07) is 24.5. The van der Waals surface area contributed by atoms with Crippen molar-refractivity contribution in [3.05, 3.63) is 120 Å². The summed E-state index contributed by atoms with van der Waals surface area (Å²) in [4.78, 5) is 29.7.